The first-order valence-corrected chi connectivity index (χ1v) is 7.61. The predicted octanol–water partition coefficient (Wildman–Crippen LogP) is 3.85. The fraction of sp³-hybridized carbons (Fsp3) is 0.389. The number of aliphatic hydroxyl groups is 1. The molecule has 110 valence electrons. The van der Waals surface area contributed by atoms with Crippen molar-refractivity contribution in [3.63, 3.8) is 0 Å². The minimum Gasteiger partial charge on any atom is -0.428 e. The maximum atomic E-state index is 11.8. The van der Waals surface area contributed by atoms with Crippen molar-refractivity contribution in [3.8, 4) is 11.1 Å². The Labute approximate surface area is 124 Å². The zero-order valence-corrected chi connectivity index (χ0v) is 12.0. The van der Waals surface area contributed by atoms with E-state index in [1.165, 1.54) is 19.3 Å². The Morgan fingerprint density at radius 3 is 2.38 bits per heavy atom. The molecule has 21 heavy (non-hydrogen) atoms. The third kappa shape index (κ3) is 3.24. The highest BCUT2D eigenvalue weighted by Crippen LogP contribution is 2.33. The smallest absolute Gasteiger partial charge is 0.336 e. The Bertz CT molecular complexity index is 649. The van der Waals surface area contributed by atoms with Crippen LogP contribution in [0.4, 0.5) is 0 Å². The summed E-state index contributed by atoms with van der Waals surface area (Å²) in [5.41, 5.74) is 2.47. The second-order valence-electron chi connectivity index (χ2n) is 5.76. The molecule has 3 rings (SSSR count). The summed E-state index contributed by atoms with van der Waals surface area (Å²) in [4.78, 5) is 11.8. The van der Waals surface area contributed by atoms with Crippen molar-refractivity contribution in [2.24, 2.45) is 0 Å². The van der Waals surface area contributed by atoms with E-state index in [1.807, 2.05) is 30.3 Å². The lowest BCUT2D eigenvalue weighted by molar-refractivity contribution is 0.282. The summed E-state index contributed by atoms with van der Waals surface area (Å²) in [6.07, 6.45) is 5.92. The van der Waals surface area contributed by atoms with E-state index in [2.05, 4.69) is 0 Å². The SMILES string of the molecule is O=c1cc(-c2ccc(CO)cc2)cc(C2CCCCC2)o1. The van der Waals surface area contributed by atoms with Crippen LogP contribution in [0.15, 0.2) is 45.6 Å². The normalized spacial score (nSPS) is 16.0. The quantitative estimate of drug-likeness (QED) is 0.931. The van der Waals surface area contributed by atoms with E-state index in [0.29, 0.717) is 5.92 Å². The van der Waals surface area contributed by atoms with Gasteiger partial charge in [-0.3, -0.25) is 0 Å². The van der Waals surface area contributed by atoms with E-state index in [4.69, 9.17) is 9.52 Å². The predicted molar refractivity (Wildman–Crippen MR) is 82.2 cm³/mol. The molecule has 1 aromatic heterocycles. The summed E-state index contributed by atoms with van der Waals surface area (Å²) in [5, 5.41) is 9.09. The maximum Gasteiger partial charge on any atom is 0.336 e. The van der Waals surface area contributed by atoms with Gasteiger partial charge in [0.25, 0.3) is 0 Å². The summed E-state index contributed by atoms with van der Waals surface area (Å²) < 4.78 is 5.43. The van der Waals surface area contributed by atoms with Gasteiger partial charge in [-0.25, -0.2) is 4.79 Å². The molecule has 0 aliphatic heterocycles. The zero-order chi connectivity index (χ0) is 14.7. The fourth-order valence-electron chi connectivity index (χ4n) is 3.05. The number of hydrogen-bond acceptors (Lipinski definition) is 3. The molecule has 3 heteroatoms. The van der Waals surface area contributed by atoms with Gasteiger partial charge in [-0.1, -0.05) is 43.5 Å². The molecule has 1 fully saturated rings. The van der Waals surface area contributed by atoms with Gasteiger partial charge < -0.3 is 9.52 Å². The molecule has 0 atom stereocenters. The Morgan fingerprint density at radius 2 is 1.71 bits per heavy atom. The highest BCUT2D eigenvalue weighted by atomic mass is 16.4. The van der Waals surface area contributed by atoms with Crippen molar-refractivity contribution in [2.75, 3.05) is 0 Å². The molecule has 0 amide bonds. The fourth-order valence-corrected chi connectivity index (χ4v) is 3.05. The van der Waals surface area contributed by atoms with Crippen LogP contribution >= 0.6 is 0 Å². The van der Waals surface area contributed by atoms with Crippen molar-refractivity contribution in [3.05, 3.63) is 58.1 Å². The summed E-state index contributed by atoms with van der Waals surface area (Å²) in [6.45, 7) is 0.0323. The van der Waals surface area contributed by atoms with Crippen LogP contribution in [0.3, 0.4) is 0 Å². The number of rotatable bonds is 3. The topological polar surface area (TPSA) is 50.4 Å². The lowest BCUT2D eigenvalue weighted by Gasteiger charge is -2.20. The molecular weight excluding hydrogens is 264 g/mol. The molecule has 0 radical (unpaired) electrons. The molecule has 0 unspecified atom stereocenters. The Hall–Kier alpha value is -1.87. The minimum atomic E-state index is -0.278. The van der Waals surface area contributed by atoms with Crippen LogP contribution in [0.2, 0.25) is 0 Å². The summed E-state index contributed by atoms with van der Waals surface area (Å²) in [6, 6.07) is 11.2. The van der Waals surface area contributed by atoms with Crippen LogP contribution in [-0.4, -0.2) is 5.11 Å². The van der Waals surface area contributed by atoms with Crippen LogP contribution < -0.4 is 5.63 Å². The summed E-state index contributed by atoms with van der Waals surface area (Å²) in [7, 11) is 0. The molecule has 1 saturated carbocycles. The first-order chi connectivity index (χ1) is 10.3. The van der Waals surface area contributed by atoms with Crippen LogP contribution in [0.1, 0.15) is 49.3 Å². The Kier molecular flexibility index (Phi) is 4.20. The van der Waals surface area contributed by atoms with Crippen molar-refractivity contribution >= 4 is 0 Å². The van der Waals surface area contributed by atoms with Gasteiger partial charge in [0, 0.05) is 12.0 Å². The van der Waals surface area contributed by atoms with Gasteiger partial charge in [0.2, 0.25) is 0 Å². The molecule has 3 nitrogen and oxygen atoms in total. The second kappa shape index (κ2) is 6.27. The Balaban J connectivity index is 1.94. The molecule has 0 spiro atoms. The molecule has 1 N–H and O–H groups in total. The van der Waals surface area contributed by atoms with Gasteiger partial charge in [0.05, 0.1) is 6.61 Å². The van der Waals surface area contributed by atoms with Crippen LogP contribution in [0.5, 0.6) is 0 Å². The van der Waals surface area contributed by atoms with E-state index in [9.17, 15) is 4.79 Å². The first kappa shape index (κ1) is 14.1. The monoisotopic (exact) mass is 284 g/mol. The Morgan fingerprint density at radius 1 is 1.00 bits per heavy atom. The van der Waals surface area contributed by atoms with Crippen LogP contribution in [0.25, 0.3) is 11.1 Å². The van der Waals surface area contributed by atoms with E-state index in [1.54, 1.807) is 6.07 Å². The third-order valence-corrected chi connectivity index (χ3v) is 4.27. The highest BCUT2D eigenvalue weighted by Gasteiger charge is 2.19. The van der Waals surface area contributed by atoms with Gasteiger partial charge in [-0.2, -0.15) is 0 Å². The second-order valence-corrected chi connectivity index (χ2v) is 5.76. The molecule has 2 aromatic rings. The molecule has 0 saturated heterocycles. The molecule has 1 aromatic carbocycles. The van der Waals surface area contributed by atoms with E-state index < -0.39 is 0 Å². The average Bonchev–Trinajstić information content (AvgIpc) is 2.55. The van der Waals surface area contributed by atoms with E-state index in [0.717, 1.165) is 35.3 Å². The standard InChI is InChI=1S/C18H20O3/c19-12-13-6-8-14(9-7-13)16-10-17(21-18(20)11-16)15-4-2-1-3-5-15/h6-11,15,19H,1-5,12H2. The largest absolute Gasteiger partial charge is 0.428 e. The molecule has 1 heterocycles. The zero-order valence-electron chi connectivity index (χ0n) is 12.0. The van der Waals surface area contributed by atoms with Gasteiger partial charge >= 0.3 is 5.63 Å². The first-order valence-electron chi connectivity index (χ1n) is 7.61. The van der Waals surface area contributed by atoms with Gasteiger partial charge in [-0.05, 0) is 35.6 Å². The van der Waals surface area contributed by atoms with Crippen molar-refractivity contribution in [1.29, 1.82) is 0 Å². The number of benzene rings is 1. The third-order valence-electron chi connectivity index (χ3n) is 4.27. The van der Waals surface area contributed by atoms with Crippen molar-refractivity contribution in [1.82, 2.24) is 0 Å². The summed E-state index contributed by atoms with van der Waals surface area (Å²) >= 11 is 0. The van der Waals surface area contributed by atoms with Crippen molar-refractivity contribution in [2.45, 2.75) is 44.6 Å². The van der Waals surface area contributed by atoms with Crippen molar-refractivity contribution < 1.29 is 9.52 Å². The maximum absolute atomic E-state index is 11.8. The molecule has 1 aliphatic rings. The van der Waals surface area contributed by atoms with Gasteiger partial charge in [0.15, 0.2) is 0 Å². The highest BCUT2D eigenvalue weighted by molar-refractivity contribution is 5.63. The molecule has 0 bridgehead atoms. The van der Waals surface area contributed by atoms with Gasteiger partial charge in [-0.15, -0.1) is 0 Å². The summed E-state index contributed by atoms with van der Waals surface area (Å²) in [5.74, 6) is 1.20. The van der Waals surface area contributed by atoms with Gasteiger partial charge in [0.1, 0.15) is 5.76 Å². The number of hydrogen-bond donors (Lipinski definition) is 1. The van der Waals surface area contributed by atoms with E-state index in [-0.39, 0.29) is 12.2 Å². The number of aliphatic hydroxyl groups excluding tert-OH is 1. The molecular formula is C18H20O3. The lowest BCUT2D eigenvalue weighted by atomic mass is 9.87. The molecule has 1 aliphatic carbocycles. The average molecular weight is 284 g/mol. The minimum absolute atomic E-state index is 0.0323. The van der Waals surface area contributed by atoms with E-state index >= 15 is 0 Å². The van der Waals surface area contributed by atoms with Crippen LogP contribution in [0, 0.1) is 0 Å². The van der Waals surface area contributed by atoms with Crippen LogP contribution in [-0.2, 0) is 6.61 Å². The lowest BCUT2D eigenvalue weighted by Crippen LogP contribution is -2.08.